The third-order valence-electron chi connectivity index (χ3n) is 4.04. The largest absolute Gasteiger partial charge is 0.368 e. The summed E-state index contributed by atoms with van der Waals surface area (Å²) in [5.74, 6) is 2.34. The minimum atomic E-state index is 0.0983. The van der Waals surface area contributed by atoms with Crippen LogP contribution in [-0.4, -0.2) is 34.9 Å². The summed E-state index contributed by atoms with van der Waals surface area (Å²) in [5, 5.41) is 3.26. The molecule has 0 spiro atoms. The van der Waals surface area contributed by atoms with E-state index in [9.17, 15) is 4.79 Å². The van der Waals surface area contributed by atoms with E-state index in [4.69, 9.17) is 0 Å². The van der Waals surface area contributed by atoms with Crippen LogP contribution in [0.1, 0.15) is 50.0 Å². The van der Waals surface area contributed by atoms with Crippen molar-refractivity contribution in [3.8, 4) is 0 Å². The van der Waals surface area contributed by atoms with Crippen molar-refractivity contribution in [2.75, 3.05) is 18.4 Å². The lowest BCUT2D eigenvalue weighted by molar-refractivity contribution is 0.0734. The molecule has 2 saturated carbocycles. The molecule has 0 atom stereocenters. The van der Waals surface area contributed by atoms with Gasteiger partial charge < -0.3 is 10.2 Å². The van der Waals surface area contributed by atoms with E-state index < -0.39 is 0 Å². The summed E-state index contributed by atoms with van der Waals surface area (Å²) < 4.78 is 0. The van der Waals surface area contributed by atoms with Crippen molar-refractivity contribution >= 4 is 11.7 Å². The van der Waals surface area contributed by atoms with Crippen molar-refractivity contribution < 1.29 is 4.79 Å². The van der Waals surface area contributed by atoms with Crippen molar-refractivity contribution in [2.24, 2.45) is 11.8 Å². The summed E-state index contributed by atoms with van der Waals surface area (Å²) in [6.45, 7) is 5.98. The summed E-state index contributed by atoms with van der Waals surface area (Å²) in [7, 11) is 0. The van der Waals surface area contributed by atoms with Gasteiger partial charge in [-0.1, -0.05) is 6.07 Å². The van der Waals surface area contributed by atoms with Gasteiger partial charge in [0, 0.05) is 19.1 Å². The van der Waals surface area contributed by atoms with Gasteiger partial charge in [-0.05, 0) is 63.5 Å². The van der Waals surface area contributed by atoms with Gasteiger partial charge in [-0.15, -0.1) is 0 Å². The molecular formula is C17H25N3O. The van der Waals surface area contributed by atoms with E-state index in [0.717, 1.165) is 30.7 Å². The Kier molecular flexibility index (Phi) is 4.13. The fraction of sp³-hybridized carbons (Fsp3) is 0.647. The molecule has 1 heterocycles. The first-order chi connectivity index (χ1) is 10.1. The summed E-state index contributed by atoms with van der Waals surface area (Å²) in [6, 6.07) is 5.98. The number of hydrogen-bond acceptors (Lipinski definition) is 3. The second-order valence-corrected chi connectivity index (χ2v) is 6.80. The van der Waals surface area contributed by atoms with Crippen LogP contribution in [0.2, 0.25) is 0 Å². The van der Waals surface area contributed by atoms with E-state index in [1.165, 1.54) is 25.7 Å². The number of pyridine rings is 1. The number of amides is 1. The molecule has 0 radical (unpaired) electrons. The quantitative estimate of drug-likeness (QED) is 0.838. The van der Waals surface area contributed by atoms with Crippen LogP contribution in [-0.2, 0) is 0 Å². The Morgan fingerprint density at radius 2 is 1.86 bits per heavy atom. The molecule has 1 amide bonds. The monoisotopic (exact) mass is 287 g/mol. The first-order valence-electron chi connectivity index (χ1n) is 8.14. The third kappa shape index (κ3) is 4.19. The number of anilines is 1. The first-order valence-corrected chi connectivity index (χ1v) is 8.14. The molecule has 4 nitrogen and oxygen atoms in total. The summed E-state index contributed by atoms with van der Waals surface area (Å²) >= 11 is 0. The molecule has 0 saturated heterocycles. The molecule has 1 aromatic heterocycles. The highest BCUT2D eigenvalue weighted by Gasteiger charge is 2.32. The average Bonchev–Trinajstić information content (AvgIpc) is 3.32. The fourth-order valence-corrected chi connectivity index (χ4v) is 2.56. The lowest BCUT2D eigenvalue weighted by Crippen LogP contribution is -2.35. The fourth-order valence-electron chi connectivity index (χ4n) is 2.56. The van der Waals surface area contributed by atoms with Gasteiger partial charge in [0.1, 0.15) is 11.5 Å². The van der Waals surface area contributed by atoms with Crippen LogP contribution in [0.15, 0.2) is 18.2 Å². The van der Waals surface area contributed by atoms with E-state index in [2.05, 4.69) is 24.1 Å². The van der Waals surface area contributed by atoms with E-state index in [1.54, 1.807) is 0 Å². The first kappa shape index (κ1) is 14.4. The van der Waals surface area contributed by atoms with E-state index in [-0.39, 0.29) is 5.91 Å². The molecule has 4 heteroatoms. The van der Waals surface area contributed by atoms with Crippen LogP contribution in [0.4, 0.5) is 5.82 Å². The standard InChI is InChI=1S/C17H25N3O/c1-12(2)18-16-5-3-4-15(19-16)17(21)20(10-13-6-7-13)11-14-8-9-14/h3-5,12-14H,6-11H2,1-2H3,(H,18,19). The Morgan fingerprint density at radius 1 is 1.24 bits per heavy atom. The van der Waals surface area contributed by atoms with Crippen molar-refractivity contribution in [3.05, 3.63) is 23.9 Å². The minimum absolute atomic E-state index is 0.0983. The van der Waals surface area contributed by atoms with Crippen molar-refractivity contribution in [1.82, 2.24) is 9.88 Å². The van der Waals surface area contributed by atoms with Gasteiger partial charge in [-0.2, -0.15) is 0 Å². The van der Waals surface area contributed by atoms with Gasteiger partial charge in [-0.3, -0.25) is 4.79 Å². The molecule has 2 fully saturated rings. The lowest BCUT2D eigenvalue weighted by atomic mass is 10.2. The topological polar surface area (TPSA) is 45.2 Å². The minimum Gasteiger partial charge on any atom is -0.368 e. The number of rotatable bonds is 7. The molecule has 114 valence electrons. The highest BCUT2D eigenvalue weighted by molar-refractivity contribution is 5.92. The Bertz CT molecular complexity index is 493. The maximum atomic E-state index is 12.7. The van der Waals surface area contributed by atoms with Crippen LogP contribution in [0.5, 0.6) is 0 Å². The van der Waals surface area contributed by atoms with Crippen LogP contribution < -0.4 is 5.32 Å². The van der Waals surface area contributed by atoms with E-state index in [1.807, 2.05) is 23.1 Å². The zero-order valence-corrected chi connectivity index (χ0v) is 13.0. The smallest absolute Gasteiger partial charge is 0.272 e. The molecule has 1 N–H and O–H groups in total. The van der Waals surface area contributed by atoms with Crippen molar-refractivity contribution in [3.63, 3.8) is 0 Å². The Balaban J connectivity index is 1.70. The summed E-state index contributed by atoms with van der Waals surface area (Å²) in [6.07, 6.45) is 5.10. The Morgan fingerprint density at radius 3 is 2.38 bits per heavy atom. The number of nitrogens with zero attached hydrogens (tertiary/aromatic N) is 2. The second kappa shape index (κ2) is 6.04. The van der Waals surface area contributed by atoms with Gasteiger partial charge >= 0.3 is 0 Å². The number of nitrogens with one attached hydrogen (secondary N) is 1. The number of carbonyl (C=O) groups excluding carboxylic acids is 1. The highest BCUT2D eigenvalue weighted by atomic mass is 16.2. The Hall–Kier alpha value is -1.58. The number of carbonyl (C=O) groups is 1. The molecule has 1 aromatic rings. The molecule has 0 unspecified atom stereocenters. The van der Waals surface area contributed by atoms with Crippen LogP contribution in [0.3, 0.4) is 0 Å². The predicted octanol–water partition coefficient (Wildman–Crippen LogP) is 3.16. The zero-order chi connectivity index (χ0) is 14.8. The van der Waals surface area contributed by atoms with Crippen molar-refractivity contribution in [2.45, 2.75) is 45.6 Å². The molecule has 0 aromatic carbocycles. The zero-order valence-electron chi connectivity index (χ0n) is 13.0. The predicted molar refractivity (Wildman–Crippen MR) is 84.3 cm³/mol. The molecule has 3 rings (SSSR count). The third-order valence-corrected chi connectivity index (χ3v) is 4.04. The van der Waals surface area contributed by atoms with Gasteiger partial charge in [-0.25, -0.2) is 4.98 Å². The summed E-state index contributed by atoms with van der Waals surface area (Å²) in [4.78, 5) is 19.3. The SMILES string of the molecule is CC(C)Nc1cccc(C(=O)N(CC2CC2)CC2CC2)n1. The second-order valence-electron chi connectivity index (χ2n) is 6.80. The van der Waals surface area contributed by atoms with E-state index in [0.29, 0.717) is 11.7 Å². The van der Waals surface area contributed by atoms with Gasteiger partial charge in [0.05, 0.1) is 0 Å². The van der Waals surface area contributed by atoms with Gasteiger partial charge in [0.25, 0.3) is 5.91 Å². The summed E-state index contributed by atoms with van der Waals surface area (Å²) in [5.41, 5.74) is 0.571. The van der Waals surface area contributed by atoms with Gasteiger partial charge in [0.15, 0.2) is 0 Å². The molecule has 0 aliphatic heterocycles. The molecule has 2 aliphatic carbocycles. The Labute approximate surface area is 126 Å². The van der Waals surface area contributed by atoms with Gasteiger partial charge in [0.2, 0.25) is 0 Å². The van der Waals surface area contributed by atoms with E-state index >= 15 is 0 Å². The molecule has 0 bridgehead atoms. The van der Waals surface area contributed by atoms with Crippen LogP contribution in [0, 0.1) is 11.8 Å². The number of hydrogen-bond donors (Lipinski definition) is 1. The molecule has 21 heavy (non-hydrogen) atoms. The molecule has 2 aliphatic rings. The molecular weight excluding hydrogens is 262 g/mol. The normalized spacial score (nSPS) is 17.9. The average molecular weight is 287 g/mol. The van der Waals surface area contributed by atoms with Crippen LogP contribution in [0.25, 0.3) is 0 Å². The van der Waals surface area contributed by atoms with Crippen molar-refractivity contribution in [1.29, 1.82) is 0 Å². The number of aromatic nitrogens is 1. The van der Waals surface area contributed by atoms with Crippen LogP contribution >= 0.6 is 0 Å². The lowest BCUT2D eigenvalue weighted by Gasteiger charge is -2.22. The maximum Gasteiger partial charge on any atom is 0.272 e. The maximum absolute atomic E-state index is 12.7. The highest BCUT2D eigenvalue weighted by Crippen LogP contribution is 2.34.